The Morgan fingerprint density at radius 1 is 1.03 bits per heavy atom. The van der Waals surface area contributed by atoms with Gasteiger partial charge in [-0.15, -0.1) is 0 Å². The molecule has 5 nitrogen and oxygen atoms in total. The summed E-state index contributed by atoms with van der Waals surface area (Å²) in [4.78, 5) is 13.0. The molecule has 0 fully saturated rings. The summed E-state index contributed by atoms with van der Waals surface area (Å²) < 4.78 is 9.56. The minimum Gasteiger partial charge on any atom is -0.461 e. The Bertz CT molecular complexity index is 1300. The lowest BCUT2D eigenvalue weighted by Crippen LogP contribution is -2.16. The summed E-state index contributed by atoms with van der Waals surface area (Å²) in [5, 5.41) is 5.68. The van der Waals surface area contributed by atoms with Crippen LogP contribution in [0.4, 0.5) is 0 Å². The van der Waals surface area contributed by atoms with Gasteiger partial charge in [-0.1, -0.05) is 54.1 Å². The van der Waals surface area contributed by atoms with E-state index in [-0.39, 0.29) is 5.97 Å². The molecular formula is C27H26ClN3O2. The van der Waals surface area contributed by atoms with Crippen LogP contribution in [0.15, 0.2) is 60.8 Å². The summed E-state index contributed by atoms with van der Waals surface area (Å²) >= 11 is 6.03. The molecule has 168 valence electrons. The highest BCUT2D eigenvalue weighted by Gasteiger charge is 2.32. The number of benzene rings is 2. The van der Waals surface area contributed by atoms with Gasteiger partial charge in [0.25, 0.3) is 0 Å². The fourth-order valence-electron chi connectivity index (χ4n) is 4.73. The van der Waals surface area contributed by atoms with Crippen molar-refractivity contribution in [2.24, 2.45) is 0 Å². The topological polar surface area (TPSA) is 49.1 Å². The van der Waals surface area contributed by atoms with Crippen molar-refractivity contribution in [3.05, 3.63) is 99.5 Å². The van der Waals surface area contributed by atoms with Gasteiger partial charge in [-0.2, -0.15) is 5.10 Å². The van der Waals surface area contributed by atoms with Gasteiger partial charge in [-0.3, -0.25) is 4.68 Å². The maximum Gasteiger partial charge on any atom is 0.355 e. The summed E-state index contributed by atoms with van der Waals surface area (Å²) in [6.45, 7) is 5.57. The number of fused-ring (bicyclic) bond motifs is 3. The van der Waals surface area contributed by atoms with Crippen LogP contribution in [-0.2, 0) is 30.7 Å². The molecule has 2 heterocycles. The van der Waals surface area contributed by atoms with E-state index >= 15 is 0 Å². The van der Waals surface area contributed by atoms with Gasteiger partial charge < -0.3 is 9.30 Å². The predicted octanol–water partition coefficient (Wildman–Crippen LogP) is 5.69. The lowest BCUT2D eigenvalue weighted by molar-refractivity contribution is 0.0512. The van der Waals surface area contributed by atoms with Gasteiger partial charge in [0.1, 0.15) is 5.69 Å². The van der Waals surface area contributed by atoms with Gasteiger partial charge in [0.2, 0.25) is 0 Å². The Hall–Kier alpha value is -3.31. The number of carbonyl (C=O) groups excluding carboxylic acids is 1. The van der Waals surface area contributed by atoms with E-state index in [0.717, 1.165) is 51.5 Å². The van der Waals surface area contributed by atoms with Crippen molar-refractivity contribution >= 4 is 17.6 Å². The molecule has 0 bridgehead atoms. The molecule has 0 unspecified atom stereocenters. The number of hydrogen-bond acceptors (Lipinski definition) is 3. The summed E-state index contributed by atoms with van der Waals surface area (Å²) in [5.74, 6) is -0.262. The Labute approximate surface area is 198 Å². The first-order chi connectivity index (χ1) is 16.0. The molecule has 1 aliphatic carbocycles. The number of rotatable bonds is 6. The number of hydrogen-bond donors (Lipinski definition) is 0. The molecule has 5 rings (SSSR count). The van der Waals surface area contributed by atoms with Crippen molar-refractivity contribution in [2.75, 3.05) is 6.61 Å². The Balaban J connectivity index is 1.58. The number of esters is 1. The monoisotopic (exact) mass is 459 g/mol. The third kappa shape index (κ3) is 4.09. The molecule has 2 aromatic carbocycles. The Morgan fingerprint density at radius 2 is 1.76 bits per heavy atom. The summed E-state index contributed by atoms with van der Waals surface area (Å²) in [7, 11) is 0. The number of halogens is 1. The van der Waals surface area contributed by atoms with Crippen LogP contribution in [0.2, 0.25) is 5.02 Å². The van der Waals surface area contributed by atoms with Crippen LogP contribution >= 0.6 is 11.6 Å². The highest BCUT2D eigenvalue weighted by Crippen LogP contribution is 2.39. The van der Waals surface area contributed by atoms with Crippen molar-refractivity contribution in [1.82, 2.24) is 14.3 Å². The van der Waals surface area contributed by atoms with E-state index in [0.29, 0.717) is 25.4 Å². The second-order valence-electron chi connectivity index (χ2n) is 8.41. The third-order valence-electron chi connectivity index (χ3n) is 6.25. The maximum absolute atomic E-state index is 13.0. The number of aromatic nitrogens is 3. The molecule has 0 spiro atoms. The second kappa shape index (κ2) is 8.91. The van der Waals surface area contributed by atoms with E-state index in [9.17, 15) is 4.79 Å². The van der Waals surface area contributed by atoms with Crippen molar-refractivity contribution in [2.45, 2.75) is 39.8 Å². The number of nitrogens with zero attached hydrogens (tertiary/aromatic N) is 3. The molecule has 0 aliphatic heterocycles. The quantitative estimate of drug-likeness (QED) is 0.348. The second-order valence-corrected chi connectivity index (χ2v) is 8.84. The van der Waals surface area contributed by atoms with E-state index in [1.54, 1.807) is 0 Å². The first kappa shape index (κ1) is 21.5. The maximum atomic E-state index is 13.0. The van der Waals surface area contributed by atoms with E-state index in [4.69, 9.17) is 21.4 Å². The van der Waals surface area contributed by atoms with Gasteiger partial charge >= 0.3 is 5.97 Å². The number of carbonyl (C=O) groups is 1. The molecule has 0 N–H and O–H groups in total. The normalized spacial score (nSPS) is 12.3. The van der Waals surface area contributed by atoms with Crippen molar-refractivity contribution < 1.29 is 9.53 Å². The van der Waals surface area contributed by atoms with Gasteiger partial charge in [0.05, 0.1) is 18.8 Å². The molecule has 0 saturated carbocycles. The third-order valence-corrected chi connectivity index (χ3v) is 6.50. The van der Waals surface area contributed by atoms with Gasteiger partial charge in [0.15, 0.2) is 0 Å². The van der Waals surface area contributed by atoms with E-state index in [1.165, 1.54) is 5.56 Å². The van der Waals surface area contributed by atoms with Crippen LogP contribution in [0.25, 0.3) is 11.3 Å². The smallest absolute Gasteiger partial charge is 0.355 e. The molecule has 1 aliphatic rings. The Kier molecular flexibility index (Phi) is 5.81. The molecule has 4 aromatic rings. The van der Waals surface area contributed by atoms with Crippen LogP contribution in [0.5, 0.6) is 0 Å². The fourth-order valence-corrected chi connectivity index (χ4v) is 4.86. The van der Waals surface area contributed by atoms with Crippen LogP contribution in [0, 0.1) is 6.92 Å². The molecular weight excluding hydrogens is 434 g/mol. The van der Waals surface area contributed by atoms with E-state index in [1.807, 2.05) is 54.1 Å². The van der Waals surface area contributed by atoms with E-state index in [2.05, 4.69) is 29.8 Å². The fraction of sp³-hybridized carbons (Fsp3) is 0.259. The highest BCUT2D eigenvalue weighted by molar-refractivity contribution is 6.30. The van der Waals surface area contributed by atoms with Crippen molar-refractivity contribution in [3.8, 4) is 11.3 Å². The molecule has 0 saturated heterocycles. The minimum atomic E-state index is -0.262. The zero-order valence-corrected chi connectivity index (χ0v) is 19.6. The van der Waals surface area contributed by atoms with Gasteiger partial charge in [-0.25, -0.2) is 4.79 Å². The SMILES string of the molecule is CCOC(=O)c1c2c(c(C)n1Cc1ccccc1)-c1nn(Cc3ccc(Cl)cc3)cc1CC2. The molecule has 33 heavy (non-hydrogen) atoms. The molecule has 6 heteroatoms. The first-order valence-corrected chi connectivity index (χ1v) is 11.7. The van der Waals surface area contributed by atoms with E-state index < -0.39 is 0 Å². The predicted molar refractivity (Wildman–Crippen MR) is 130 cm³/mol. The summed E-state index contributed by atoms with van der Waals surface area (Å²) in [6.07, 6.45) is 3.78. The summed E-state index contributed by atoms with van der Waals surface area (Å²) in [6, 6.07) is 18.1. The minimum absolute atomic E-state index is 0.262. The first-order valence-electron chi connectivity index (χ1n) is 11.3. The molecule has 2 aromatic heterocycles. The zero-order chi connectivity index (χ0) is 22.9. The lowest BCUT2D eigenvalue weighted by Gasteiger charge is -2.13. The summed E-state index contributed by atoms with van der Waals surface area (Å²) in [5.41, 5.74) is 8.31. The molecule has 0 atom stereocenters. The van der Waals surface area contributed by atoms with Crippen molar-refractivity contribution in [3.63, 3.8) is 0 Å². The van der Waals surface area contributed by atoms with Crippen LogP contribution < -0.4 is 0 Å². The highest BCUT2D eigenvalue weighted by atomic mass is 35.5. The van der Waals surface area contributed by atoms with Gasteiger partial charge in [0, 0.05) is 29.0 Å². The zero-order valence-electron chi connectivity index (χ0n) is 18.8. The van der Waals surface area contributed by atoms with Crippen LogP contribution in [-0.4, -0.2) is 26.9 Å². The average Bonchev–Trinajstić information content (AvgIpc) is 3.34. The largest absolute Gasteiger partial charge is 0.461 e. The van der Waals surface area contributed by atoms with Crippen LogP contribution in [0.3, 0.4) is 0 Å². The average molecular weight is 460 g/mol. The number of aryl methyl sites for hydroxylation is 1. The van der Waals surface area contributed by atoms with Crippen LogP contribution in [0.1, 0.15) is 45.4 Å². The van der Waals surface area contributed by atoms with Crippen molar-refractivity contribution in [1.29, 1.82) is 0 Å². The lowest BCUT2D eigenvalue weighted by atomic mass is 9.91. The Morgan fingerprint density at radius 3 is 2.48 bits per heavy atom. The molecule has 0 radical (unpaired) electrons. The number of ether oxygens (including phenoxy) is 1. The molecule has 0 amide bonds. The van der Waals surface area contributed by atoms with Gasteiger partial charge in [-0.05, 0) is 61.1 Å². The standard InChI is InChI=1S/C27H26ClN3O2/c1-3-33-27(32)26-23-14-11-21-17-30(15-20-9-12-22(28)13-10-20)29-25(21)24(23)18(2)31(26)16-19-7-5-4-6-8-19/h4-10,12-13,17H,3,11,14-16H2,1-2H3.